The zero-order valence-corrected chi connectivity index (χ0v) is 15.0. The Hall–Kier alpha value is -2.40. The lowest BCUT2D eigenvalue weighted by molar-refractivity contribution is 0.241. The molecule has 1 aliphatic heterocycles. The van der Waals surface area contributed by atoms with Gasteiger partial charge in [0.1, 0.15) is 6.61 Å². The quantitative estimate of drug-likeness (QED) is 0.835. The van der Waals surface area contributed by atoms with E-state index in [4.69, 9.17) is 18.9 Å². The third-order valence-electron chi connectivity index (χ3n) is 4.36. The zero-order chi connectivity index (χ0) is 17.6. The highest BCUT2D eigenvalue weighted by Gasteiger charge is 2.23. The smallest absolute Gasteiger partial charge is 0.161 e. The van der Waals surface area contributed by atoms with Crippen LogP contribution in [0.25, 0.3) is 0 Å². The van der Waals surface area contributed by atoms with Gasteiger partial charge in [0.05, 0.1) is 26.9 Å². The maximum absolute atomic E-state index is 6.06. The van der Waals surface area contributed by atoms with Gasteiger partial charge in [-0.3, -0.25) is 0 Å². The summed E-state index contributed by atoms with van der Waals surface area (Å²) in [4.78, 5) is 0. The zero-order valence-electron chi connectivity index (χ0n) is 15.0. The molecule has 134 valence electrons. The number of fused-ring (bicyclic) bond motifs is 1. The molecule has 1 atom stereocenters. The highest BCUT2D eigenvalue weighted by atomic mass is 16.5. The maximum Gasteiger partial charge on any atom is 0.161 e. The molecule has 0 aliphatic carbocycles. The summed E-state index contributed by atoms with van der Waals surface area (Å²) >= 11 is 0. The summed E-state index contributed by atoms with van der Waals surface area (Å²) in [6, 6.07) is 12.0. The van der Waals surface area contributed by atoms with Crippen LogP contribution in [0.4, 0.5) is 0 Å². The van der Waals surface area contributed by atoms with E-state index < -0.39 is 0 Å². The summed E-state index contributed by atoms with van der Waals surface area (Å²) < 4.78 is 22.6. The second-order valence-corrected chi connectivity index (χ2v) is 5.85. The van der Waals surface area contributed by atoms with E-state index >= 15 is 0 Å². The van der Waals surface area contributed by atoms with Crippen LogP contribution in [0.15, 0.2) is 36.4 Å². The van der Waals surface area contributed by atoms with Crippen molar-refractivity contribution in [2.45, 2.75) is 19.4 Å². The van der Waals surface area contributed by atoms with Crippen molar-refractivity contribution in [2.24, 2.45) is 0 Å². The fourth-order valence-corrected chi connectivity index (χ4v) is 3.13. The van der Waals surface area contributed by atoms with Crippen LogP contribution in [-0.4, -0.2) is 34.0 Å². The Balaban J connectivity index is 1.80. The van der Waals surface area contributed by atoms with Crippen molar-refractivity contribution >= 4 is 0 Å². The molecule has 2 aromatic carbocycles. The molecule has 0 saturated carbocycles. The molecule has 25 heavy (non-hydrogen) atoms. The predicted octanol–water partition coefficient (Wildman–Crippen LogP) is 3.37. The highest BCUT2D eigenvalue weighted by Crippen LogP contribution is 2.36. The van der Waals surface area contributed by atoms with Crippen molar-refractivity contribution in [2.75, 3.05) is 34.0 Å². The molecule has 0 radical (unpaired) electrons. The van der Waals surface area contributed by atoms with Gasteiger partial charge in [-0.25, -0.2) is 0 Å². The standard InChI is InChI=1S/C20H25NO4/c1-4-24-17-7-5-6-8-18(17)25-13-16-15-12-20(23-3)19(22-2)11-14(15)9-10-21-16/h5-8,11-12,16,21H,4,9-10,13H2,1-3H3. The first-order valence-electron chi connectivity index (χ1n) is 8.59. The largest absolute Gasteiger partial charge is 0.493 e. The molecular formula is C20H25NO4. The van der Waals surface area contributed by atoms with Crippen molar-refractivity contribution in [3.8, 4) is 23.0 Å². The molecule has 5 nitrogen and oxygen atoms in total. The van der Waals surface area contributed by atoms with Crippen LogP contribution in [0.1, 0.15) is 24.1 Å². The van der Waals surface area contributed by atoms with Crippen molar-refractivity contribution < 1.29 is 18.9 Å². The monoisotopic (exact) mass is 343 g/mol. The summed E-state index contributed by atoms with van der Waals surface area (Å²) in [5, 5.41) is 3.52. The number of hydrogen-bond acceptors (Lipinski definition) is 5. The Bertz CT molecular complexity index is 717. The molecule has 5 heteroatoms. The molecule has 0 aromatic heterocycles. The number of ether oxygens (including phenoxy) is 4. The molecule has 1 heterocycles. The van der Waals surface area contributed by atoms with Crippen molar-refractivity contribution in [3.63, 3.8) is 0 Å². The molecule has 1 N–H and O–H groups in total. The second kappa shape index (κ2) is 8.12. The van der Waals surface area contributed by atoms with E-state index in [1.54, 1.807) is 14.2 Å². The Labute approximate surface area is 148 Å². The molecular weight excluding hydrogens is 318 g/mol. The van der Waals surface area contributed by atoms with Crippen LogP contribution >= 0.6 is 0 Å². The molecule has 1 aliphatic rings. The minimum Gasteiger partial charge on any atom is -0.493 e. The van der Waals surface area contributed by atoms with E-state index in [1.807, 2.05) is 37.3 Å². The second-order valence-electron chi connectivity index (χ2n) is 5.85. The van der Waals surface area contributed by atoms with Gasteiger partial charge in [-0.15, -0.1) is 0 Å². The summed E-state index contributed by atoms with van der Waals surface area (Å²) in [6.07, 6.45) is 0.960. The number of nitrogens with one attached hydrogen (secondary N) is 1. The summed E-state index contributed by atoms with van der Waals surface area (Å²) in [7, 11) is 3.32. The van der Waals surface area contributed by atoms with Gasteiger partial charge >= 0.3 is 0 Å². The van der Waals surface area contributed by atoms with Gasteiger partial charge in [-0.05, 0) is 55.3 Å². The minimum absolute atomic E-state index is 0.0956. The van der Waals surface area contributed by atoms with Gasteiger partial charge in [-0.2, -0.15) is 0 Å². The van der Waals surface area contributed by atoms with E-state index in [-0.39, 0.29) is 6.04 Å². The van der Waals surface area contributed by atoms with E-state index in [9.17, 15) is 0 Å². The van der Waals surface area contributed by atoms with Crippen LogP contribution in [0.3, 0.4) is 0 Å². The third kappa shape index (κ3) is 3.82. The molecule has 0 fully saturated rings. The normalized spacial score (nSPS) is 16.0. The van der Waals surface area contributed by atoms with Crippen LogP contribution in [0.5, 0.6) is 23.0 Å². The van der Waals surface area contributed by atoms with Crippen LogP contribution in [0.2, 0.25) is 0 Å². The first-order valence-corrected chi connectivity index (χ1v) is 8.59. The SMILES string of the molecule is CCOc1ccccc1OCC1NCCc2cc(OC)c(OC)cc21. The van der Waals surface area contributed by atoms with E-state index in [0.717, 1.165) is 36.0 Å². The highest BCUT2D eigenvalue weighted by molar-refractivity contribution is 5.49. The average Bonchev–Trinajstić information content (AvgIpc) is 2.66. The molecule has 0 bridgehead atoms. The van der Waals surface area contributed by atoms with Crippen molar-refractivity contribution in [1.82, 2.24) is 5.32 Å². The lowest BCUT2D eigenvalue weighted by atomic mass is 9.94. The molecule has 0 spiro atoms. The lowest BCUT2D eigenvalue weighted by Crippen LogP contribution is -2.33. The Morgan fingerprint density at radius 1 is 0.960 bits per heavy atom. The fourth-order valence-electron chi connectivity index (χ4n) is 3.13. The molecule has 0 amide bonds. The Kier molecular flexibility index (Phi) is 5.66. The summed E-state index contributed by atoms with van der Waals surface area (Å²) in [5.41, 5.74) is 2.46. The number of hydrogen-bond donors (Lipinski definition) is 1. The summed E-state index contributed by atoms with van der Waals surface area (Å²) in [5.74, 6) is 3.04. The fraction of sp³-hybridized carbons (Fsp3) is 0.400. The van der Waals surface area contributed by atoms with Crippen LogP contribution in [-0.2, 0) is 6.42 Å². The number of methoxy groups -OCH3 is 2. The van der Waals surface area contributed by atoms with Gasteiger partial charge in [0.15, 0.2) is 23.0 Å². The molecule has 1 unspecified atom stereocenters. The Morgan fingerprint density at radius 3 is 2.32 bits per heavy atom. The van der Waals surface area contributed by atoms with Crippen molar-refractivity contribution in [1.29, 1.82) is 0 Å². The first kappa shape index (κ1) is 17.4. The van der Waals surface area contributed by atoms with E-state index in [2.05, 4.69) is 11.4 Å². The van der Waals surface area contributed by atoms with Gasteiger partial charge in [0, 0.05) is 0 Å². The molecule has 0 saturated heterocycles. The number of para-hydroxylation sites is 2. The van der Waals surface area contributed by atoms with Gasteiger partial charge < -0.3 is 24.3 Å². The first-order chi connectivity index (χ1) is 12.3. The minimum atomic E-state index is 0.0956. The van der Waals surface area contributed by atoms with Crippen molar-refractivity contribution in [3.05, 3.63) is 47.5 Å². The van der Waals surface area contributed by atoms with Gasteiger partial charge in [-0.1, -0.05) is 12.1 Å². The Morgan fingerprint density at radius 2 is 1.64 bits per heavy atom. The third-order valence-corrected chi connectivity index (χ3v) is 4.36. The van der Waals surface area contributed by atoms with Gasteiger partial charge in [0.25, 0.3) is 0 Å². The lowest BCUT2D eigenvalue weighted by Gasteiger charge is -2.28. The molecule has 3 rings (SSSR count). The maximum atomic E-state index is 6.06. The van der Waals surface area contributed by atoms with Crippen LogP contribution in [0, 0.1) is 0 Å². The van der Waals surface area contributed by atoms with Crippen LogP contribution < -0.4 is 24.3 Å². The van der Waals surface area contributed by atoms with Gasteiger partial charge in [0.2, 0.25) is 0 Å². The predicted molar refractivity (Wildman–Crippen MR) is 97.1 cm³/mol. The topological polar surface area (TPSA) is 49.0 Å². The summed E-state index contributed by atoms with van der Waals surface area (Å²) in [6.45, 7) is 4.01. The van der Waals surface area contributed by atoms with E-state index in [1.165, 1.54) is 11.1 Å². The molecule has 2 aromatic rings. The average molecular weight is 343 g/mol. The van der Waals surface area contributed by atoms with E-state index in [0.29, 0.717) is 13.2 Å². The number of rotatable bonds is 7. The number of benzene rings is 2.